The van der Waals surface area contributed by atoms with Crippen LogP contribution in [0.2, 0.25) is 10.0 Å². The summed E-state index contributed by atoms with van der Waals surface area (Å²) >= 11 is 11.8. The van der Waals surface area contributed by atoms with Crippen LogP contribution in [-0.2, 0) is 6.54 Å². The Labute approximate surface area is 166 Å². The van der Waals surface area contributed by atoms with Crippen LogP contribution in [0.1, 0.15) is 26.3 Å². The third kappa shape index (κ3) is 3.42. The summed E-state index contributed by atoms with van der Waals surface area (Å²) in [5.41, 5.74) is 3.57. The molecule has 27 heavy (non-hydrogen) atoms. The maximum absolute atomic E-state index is 12.5. The van der Waals surface area contributed by atoms with Gasteiger partial charge in [-0.3, -0.25) is 9.59 Å². The molecule has 0 saturated carbocycles. The highest BCUT2D eigenvalue weighted by Crippen LogP contribution is 2.29. The number of rotatable bonds is 3. The van der Waals surface area contributed by atoms with E-state index < -0.39 is 0 Å². The number of fused-ring (bicyclic) bond motifs is 1. The number of anilines is 2. The molecular formula is C21H14Cl2N2O2. The lowest BCUT2D eigenvalue weighted by atomic mass is 10.1. The van der Waals surface area contributed by atoms with Crippen LogP contribution in [0.5, 0.6) is 0 Å². The molecule has 0 unspecified atom stereocenters. The Kier molecular flexibility index (Phi) is 4.60. The van der Waals surface area contributed by atoms with Crippen molar-refractivity contribution in [3.05, 3.63) is 93.5 Å². The number of hydrogen-bond donors (Lipinski definition) is 1. The average Bonchev–Trinajstić information content (AvgIpc) is 3.01. The van der Waals surface area contributed by atoms with Crippen LogP contribution in [0.3, 0.4) is 0 Å². The summed E-state index contributed by atoms with van der Waals surface area (Å²) in [6.45, 7) is 0.546. The molecular weight excluding hydrogens is 383 g/mol. The topological polar surface area (TPSA) is 49.4 Å². The van der Waals surface area contributed by atoms with Crippen LogP contribution in [-0.4, -0.2) is 11.8 Å². The number of nitrogens with zero attached hydrogens (tertiary/aromatic N) is 1. The lowest BCUT2D eigenvalue weighted by Crippen LogP contribution is -2.22. The van der Waals surface area contributed by atoms with Gasteiger partial charge < -0.3 is 10.2 Å². The summed E-state index contributed by atoms with van der Waals surface area (Å²) in [6.07, 6.45) is 0. The number of nitrogens with one attached hydrogen (secondary N) is 1. The zero-order valence-electron chi connectivity index (χ0n) is 14.1. The average molecular weight is 397 g/mol. The monoisotopic (exact) mass is 396 g/mol. The summed E-state index contributed by atoms with van der Waals surface area (Å²) in [5.74, 6) is -0.302. The molecule has 0 saturated heterocycles. The van der Waals surface area contributed by atoms with Gasteiger partial charge in [-0.25, -0.2) is 0 Å². The SMILES string of the molecule is O=C(Nc1ccc(N2Cc3ccccc3C2=O)cc1)c1ccc(Cl)c(Cl)c1. The standard InChI is InChI=1S/C21H14Cl2N2O2/c22-18-10-5-13(11-19(18)23)20(26)24-15-6-8-16(9-7-15)25-12-14-3-1-2-4-17(14)21(25)27/h1-11H,12H2,(H,24,26). The number of amides is 2. The van der Waals surface area contributed by atoms with Gasteiger partial charge in [0.15, 0.2) is 0 Å². The van der Waals surface area contributed by atoms with Gasteiger partial charge in [0.25, 0.3) is 11.8 Å². The molecule has 3 aromatic rings. The van der Waals surface area contributed by atoms with E-state index in [1.54, 1.807) is 29.2 Å². The molecule has 3 aromatic carbocycles. The lowest BCUT2D eigenvalue weighted by molar-refractivity contribution is 0.0994. The summed E-state index contributed by atoms with van der Waals surface area (Å²) < 4.78 is 0. The molecule has 1 N–H and O–H groups in total. The van der Waals surface area contributed by atoms with Crippen LogP contribution in [0, 0.1) is 0 Å². The molecule has 0 spiro atoms. The number of carbonyl (C=O) groups excluding carboxylic acids is 2. The first-order chi connectivity index (χ1) is 13.0. The van der Waals surface area contributed by atoms with Crippen LogP contribution < -0.4 is 10.2 Å². The van der Waals surface area contributed by atoms with E-state index in [4.69, 9.17) is 23.2 Å². The van der Waals surface area contributed by atoms with Gasteiger partial charge in [0.05, 0.1) is 16.6 Å². The Morgan fingerprint density at radius 1 is 0.926 bits per heavy atom. The molecule has 1 aliphatic heterocycles. The van der Waals surface area contributed by atoms with Gasteiger partial charge in [0, 0.05) is 22.5 Å². The summed E-state index contributed by atoms with van der Waals surface area (Å²) in [7, 11) is 0. The van der Waals surface area contributed by atoms with E-state index in [1.165, 1.54) is 6.07 Å². The molecule has 0 aliphatic carbocycles. The predicted octanol–water partition coefficient (Wildman–Crippen LogP) is 5.41. The van der Waals surface area contributed by atoms with Crippen LogP contribution in [0.25, 0.3) is 0 Å². The highest BCUT2D eigenvalue weighted by atomic mass is 35.5. The zero-order valence-corrected chi connectivity index (χ0v) is 15.6. The molecule has 4 nitrogen and oxygen atoms in total. The van der Waals surface area contributed by atoms with E-state index in [0.29, 0.717) is 27.8 Å². The fourth-order valence-corrected chi connectivity index (χ4v) is 3.33. The maximum atomic E-state index is 12.5. The van der Waals surface area contributed by atoms with E-state index >= 15 is 0 Å². The Morgan fingerprint density at radius 3 is 2.37 bits per heavy atom. The smallest absolute Gasteiger partial charge is 0.258 e. The molecule has 4 rings (SSSR count). The van der Waals surface area contributed by atoms with Crippen molar-refractivity contribution >= 4 is 46.4 Å². The molecule has 0 fully saturated rings. The van der Waals surface area contributed by atoms with Crippen molar-refractivity contribution in [2.75, 3.05) is 10.2 Å². The molecule has 0 atom stereocenters. The van der Waals surface area contributed by atoms with Crippen molar-refractivity contribution in [3.63, 3.8) is 0 Å². The third-order valence-corrected chi connectivity index (χ3v) is 5.18. The lowest BCUT2D eigenvalue weighted by Gasteiger charge is -2.16. The van der Waals surface area contributed by atoms with Gasteiger partial charge in [-0.05, 0) is 54.1 Å². The quantitative estimate of drug-likeness (QED) is 0.643. The maximum Gasteiger partial charge on any atom is 0.258 e. The second-order valence-corrected chi connectivity index (χ2v) is 6.99. The second-order valence-electron chi connectivity index (χ2n) is 6.18. The molecule has 134 valence electrons. The molecule has 1 heterocycles. The highest BCUT2D eigenvalue weighted by molar-refractivity contribution is 6.42. The van der Waals surface area contributed by atoms with Crippen LogP contribution in [0.15, 0.2) is 66.7 Å². The van der Waals surface area contributed by atoms with Gasteiger partial charge >= 0.3 is 0 Å². The Bertz CT molecular complexity index is 1050. The highest BCUT2D eigenvalue weighted by Gasteiger charge is 2.27. The second kappa shape index (κ2) is 7.06. The van der Waals surface area contributed by atoms with Gasteiger partial charge in [-0.1, -0.05) is 41.4 Å². The molecule has 0 aromatic heterocycles. The van der Waals surface area contributed by atoms with Crippen molar-refractivity contribution in [2.24, 2.45) is 0 Å². The van der Waals surface area contributed by atoms with Gasteiger partial charge in [-0.15, -0.1) is 0 Å². The van der Waals surface area contributed by atoms with Crippen molar-refractivity contribution in [1.82, 2.24) is 0 Å². The minimum atomic E-state index is -0.286. The van der Waals surface area contributed by atoms with Crippen molar-refractivity contribution < 1.29 is 9.59 Å². The van der Waals surface area contributed by atoms with E-state index in [1.807, 2.05) is 36.4 Å². The van der Waals surface area contributed by atoms with E-state index in [0.717, 1.165) is 16.8 Å². The third-order valence-electron chi connectivity index (χ3n) is 4.44. The summed E-state index contributed by atoms with van der Waals surface area (Å²) in [6, 6.07) is 19.5. The molecule has 0 radical (unpaired) electrons. The first-order valence-corrected chi connectivity index (χ1v) is 9.05. The number of hydrogen-bond acceptors (Lipinski definition) is 2. The summed E-state index contributed by atoms with van der Waals surface area (Å²) in [5, 5.41) is 3.53. The van der Waals surface area contributed by atoms with E-state index in [2.05, 4.69) is 5.32 Å². The minimum absolute atomic E-state index is 0.0156. The molecule has 0 bridgehead atoms. The largest absolute Gasteiger partial charge is 0.322 e. The number of halogens is 2. The molecule has 1 aliphatic rings. The Balaban J connectivity index is 1.49. The van der Waals surface area contributed by atoms with Gasteiger partial charge in [0.2, 0.25) is 0 Å². The Morgan fingerprint density at radius 2 is 1.67 bits per heavy atom. The van der Waals surface area contributed by atoms with Crippen LogP contribution >= 0.6 is 23.2 Å². The van der Waals surface area contributed by atoms with Gasteiger partial charge in [-0.2, -0.15) is 0 Å². The fourth-order valence-electron chi connectivity index (χ4n) is 3.03. The number of benzene rings is 3. The van der Waals surface area contributed by atoms with Crippen molar-refractivity contribution in [1.29, 1.82) is 0 Å². The fraction of sp³-hybridized carbons (Fsp3) is 0.0476. The minimum Gasteiger partial charge on any atom is -0.322 e. The van der Waals surface area contributed by atoms with Crippen molar-refractivity contribution in [2.45, 2.75) is 6.54 Å². The van der Waals surface area contributed by atoms with Gasteiger partial charge in [0.1, 0.15) is 0 Å². The first-order valence-electron chi connectivity index (χ1n) is 8.29. The van der Waals surface area contributed by atoms with E-state index in [-0.39, 0.29) is 11.8 Å². The van der Waals surface area contributed by atoms with E-state index in [9.17, 15) is 9.59 Å². The van der Waals surface area contributed by atoms with Crippen LogP contribution in [0.4, 0.5) is 11.4 Å². The van der Waals surface area contributed by atoms with Crippen molar-refractivity contribution in [3.8, 4) is 0 Å². The first kappa shape index (κ1) is 17.6. The normalized spacial score (nSPS) is 12.8. The molecule has 6 heteroatoms. The zero-order chi connectivity index (χ0) is 19.0. The Hall–Kier alpha value is -2.82. The predicted molar refractivity (Wildman–Crippen MR) is 108 cm³/mol. The number of carbonyl (C=O) groups is 2. The molecule has 2 amide bonds. The summed E-state index contributed by atoms with van der Waals surface area (Å²) in [4.78, 5) is 26.6.